The highest BCUT2D eigenvalue weighted by Crippen LogP contribution is 2.67. The van der Waals surface area contributed by atoms with Crippen molar-refractivity contribution in [2.24, 2.45) is 34.5 Å². The van der Waals surface area contributed by atoms with Crippen LogP contribution in [0.3, 0.4) is 0 Å². The minimum atomic E-state index is -4.88. The average molecular weight is 1240 g/mol. The molecule has 5 saturated heterocycles. The Morgan fingerprint density at radius 2 is 1.16 bits per heavy atom. The summed E-state index contributed by atoms with van der Waals surface area (Å²) in [7, 11) is -3.63. The first kappa shape index (κ1) is 67.5. The van der Waals surface area contributed by atoms with Gasteiger partial charge in [-0.3, -0.25) is 9.35 Å². The maximum absolute atomic E-state index is 13.8. The molecule has 5 heterocycles. The molecule has 0 aromatic heterocycles. The molecule has 28 heteroatoms. The molecule has 3 saturated carbocycles. The van der Waals surface area contributed by atoms with Crippen LogP contribution < -0.4 is 0 Å². The summed E-state index contributed by atoms with van der Waals surface area (Å²) >= 11 is 0. The third kappa shape index (κ3) is 13.2. The Balaban J connectivity index is 0.988. The number of carbonyl (C=O) groups excluding carboxylic acids is 1. The van der Waals surface area contributed by atoms with E-state index in [0.717, 1.165) is 11.1 Å². The predicted octanol–water partition coefficient (Wildman–Crippen LogP) is -1.07. The SMILES string of the molecule is CO[C@@H]1[C@@H](O)[C@H](O[C@H]2[C@H](O[C@@H]3[C@@H](O)[C@H](O[C@H]4C[C@@H]5C(=CC[C@@]6(C)[C@H]5CC[C@@H]6[C@@](C)(O)C(=O)CC=C(C)C)[C@@]5(C)CC[C@H](OS(=O)(=O)O)C[C@H]45)O[C@H](C)[C@H]3O)OC[C@@H](O[C@@H]3O[C@H](C)[C@@H](O)[C@H](O)[C@H]3O[C@@H]3O[C@H](C)[C@H](O)[C@H](O)[C@H]3O)[C@@H]2O)O[C@H](C)[C@H]1O. The molecule has 0 spiro atoms. The van der Waals surface area contributed by atoms with E-state index in [1.165, 1.54) is 34.8 Å². The quantitative estimate of drug-likeness (QED) is 0.0609. The number of ketones is 1. The van der Waals surface area contributed by atoms with Crippen LogP contribution in [-0.2, 0) is 71.5 Å². The lowest BCUT2D eigenvalue weighted by molar-refractivity contribution is -0.398. The Hall–Kier alpha value is -1.86. The number of allylic oxidation sites excluding steroid dienone is 4. The van der Waals surface area contributed by atoms with E-state index < -0.39 is 205 Å². The Morgan fingerprint density at radius 3 is 1.78 bits per heavy atom. The van der Waals surface area contributed by atoms with Gasteiger partial charge in [0.05, 0.1) is 43.2 Å². The largest absolute Gasteiger partial charge is 0.397 e. The minimum Gasteiger partial charge on any atom is -0.388 e. The molecule has 33 atom stereocenters. The highest BCUT2D eigenvalue weighted by Gasteiger charge is 2.64. The van der Waals surface area contributed by atoms with E-state index in [-0.39, 0.29) is 36.9 Å². The van der Waals surface area contributed by atoms with Crippen LogP contribution >= 0.6 is 0 Å². The van der Waals surface area contributed by atoms with Gasteiger partial charge in [-0.25, -0.2) is 4.18 Å². The molecule has 27 nitrogen and oxygen atoms in total. The first-order valence-electron chi connectivity index (χ1n) is 29.8. The molecule has 0 amide bonds. The lowest BCUT2D eigenvalue weighted by atomic mass is 9.47. The molecule has 5 aliphatic heterocycles. The average Bonchev–Trinajstić information content (AvgIpc) is 1.70. The summed E-state index contributed by atoms with van der Waals surface area (Å²) in [6.45, 7) is 14.8. The summed E-state index contributed by atoms with van der Waals surface area (Å²) < 4.78 is 107. The van der Waals surface area contributed by atoms with Gasteiger partial charge in [-0.2, -0.15) is 8.42 Å². The second-order valence-corrected chi connectivity index (χ2v) is 27.3. The molecule has 12 N–H and O–H groups in total. The summed E-state index contributed by atoms with van der Waals surface area (Å²) in [5.74, 6) is -1.38. The fourth-order valence-electron chi connectivity index (χ4n) is 15.5. The third-order valence-electron chi connectivity index (χ3n) is 20.5. The first-order valence-corrected chi connectivity index (χ1v) is 31.2. The zero-order valence-electron chi connectivity index (χ0n) is 49.7. The predicted molar refractivity (Wildman–Crippen MR) is 289 cm³/mol. The van der Waals surface area contributed by atoms with Crippen LogP contribution in [0.25, 0.3) is 0 Å². The minimum absolute atomic E-state index is 0.0450. The Labute approximate surface area is 495 Å². The second kappa shape index (κ2) is 26.0. The Bertz CT molecular complexity index is 2480. The molecule has 85 heavy (non-hydrogen) atoms. The van der Waals surface area contributed by atoms with Crippen molar-refractivity contribution in [3.63, 3.8) is 0 Å². The van der Waals surface area contributed by atoms with E-state index in [0.29, 0.717) is 32.1 Å². The lowest BCUT2D eigenvalue weighted by Gasteiger charge is -2.60. The van der Waals surface area contributed by atoms with Gasteiger partial charge in [0.2, 0.25) is 0 Å². The number of rotatable bonds is 17. The van der Waals surface area contributed by atoms with Crippen LogP contribution in [0.5, 0.6) is 0 Å². The Morgan fingerprint density at radius 1 is 0.635 bits per heavy atom. The van der Waals surface area contributed by atoms with E-state index in [2.05, 4.69) is 19.9 Å². The molecule has 0 aromatic rings. The summed E-state index contributed by atoms with van der Waals surface area (Å²) in [4.78, 5) is 13.8. The number of ether oxygens (including phenoxy) is 11. The van der Waals surface area contributed by atoms with Gasteiger partial charge in [0, 0.05) is 19.4 Å². The smallest absolute Gasteiger partial charge is 0.388 e. The maximum Gasteiger partial charge on any atom is 0.397 e. The first-order chi connectivity index (χ1) is 39.7. The van der Waals surface area contributed by atoms with E-state index in [1.807, 2.05) is 19.9 Å². The highest BCUT2D eigenvalue weighted by molar-refractivity contribution is 7.80. The molecule has 0 bridgehead atoms. The molecule has 9 aliphatic rings. The molecule has 4 aliphatic carbocycles. The van der Waals surface area contributed by atoms with Gasteiger partial charge in [0.15, 0.2) is 37.2 Å². The standard InChI is InChI=1S/C57H92O27S/c1-22(2)11-14-35(58)57(9,69)34-13-12-29-28-20-32(31-19-27(84-85(70,71)72)15-17-55(31,7)30(28)16-18-56(29,34)8)79-51-45(68)47(39(62)26(6)76-51)81-53-48(82-52-44(67)46(73-10)38(61)25(5)77-52)40(63)33(21-74-53)80-54-49(42(65)37(60)24(4)78-54)83-50-43(66)41(64)36(59)23(3)75-50/h11,16,23-29,31-34,36-54,59-69H,12-15,17-21H2,1-10H3,(H,70,71,72)/t23-,24-,25-,26-,27+,28+,29+,31-,32+,33-,34+,36+,37-,38-,39-,40+,41+,42+,43-,44-,45-,46+,47+,48-,49-,50+,51+,52+,53+,54+,55-,56+,57-/m1/s1. The topological polar surface area (TPSA) is 405 Å². The van der Waals surface area contributed by atoms with Crippen LogP contribution in [0.2, 0.25) is 0 Å². The van der Waals surface area contributed by atoms with E-state index >= 15 is 0 Å². The number of aliphatic hydroxyl groups excluding tert-OH is 10. The van der Waals surface area contributed by atoms with Crippen LogP contribution in [0.4, 0.5) is 0 Å². The van der Waals surface area contributed by atoms with Crippen molar-refractivity contribution in [1.82, 2.24) is 0 Å². The number of hydrogen-bond donors (Lipinski definition) is 12. The van der Waals surface area contributed by atoms with Gasteiger partial charge >= 0.3 is 10.4 Å². The molecule has 8 fully saturated rings. The van der Waals surface area contributed by atoms with E-state index in [4.69, 9.17) is 56.3 Å². The van der Waals surface area contributed by atoms with Gasteiger partial charge in [-0.05, 0) is 122 Å². The number of aliphatic hydroxyl groups is 11. The van der Waals surface area contributed by atoms with Crippen LogP contribution in [0, 0.1) is 34.5 Å². The summed E-state index contributed by atoms with van der Waals surface area (Å²) in [6.07, 6.45) is -32.4. The van der Waals surface area contributed by atoms with Gasteiger partial charge < -0.3 is 108 Å². The van der Waals surface area contributed by atoms with Crippen molar-refractivity contribution in [3.8, 4) is 0 Å². The molecule has 0 aromatic carbocycles. The highest BCUT2D eigenvalue weighted by atomic mass is 32.3. The monoisotopic (exact) mass is 1240 g/mol. The van der Waals surface area contributed by atoms with Gasteiger partial charge in [-0.15, -0.1) is 0 Å². The van der Waals surface area contributed by atoms with Crippen LogP contribution in [-0.4, -0.2) is 254 Å². The fraction of sp³-hybridized carbons (Fsp3) is 0.912. The maximum atomic E-state index is 13.8. The van der Waals surface area contributed by atoms with Crippen molar-refractivity contribution >= 4 is 16.2 Å². The number of hydrogen-bond acceptors (Lipinski definition) is 26. The summed E-state index contributed by atoms with van der Waals surface area (Å²) in [5.41, 5.74) is -0.724. The normalized spacial score (nSPS) is 51.1. The molecular weight excluding hydrogens is 1150 g/mol. The number of methoxy groups -OCH3 is 1. The molecule has 9 rings (SSSR count). The van der Waals surface area contributed by atoms with Crippen molar-refractivity contribution in [1.29, 1.82) is 0 Å². The van der Waals surface area contributed by atoms with Crippen LogP contribution in [0.1, 0.15) is 114 Å². The number of Topliss-reactive ketones (excluding diaryl/α,β-unsaturated/α-hetero) is 1. The zero-order valence-corrected chi connectivity index (χ0v) is 50.6. The lowest BCUT2D eigenvalue weighted by Crippen LogP contribution is -2.67. The number of carbonyl (C=O) groups is 1. The number of fused-ring (bicyclic) bond motifs is 5. The van der Waals surface area contributed by atoms with Gasteiger partial charge in [-0.1, -0.05) is 37.1 Å². The van der Waals surface area contributed by atoms with Crippen molar-refractivity contribution in [2.45, 2.75) is 279 Å². The molecular formula is C57H92O27S. The van der Waals surface area contributed by atoms with Crippen molar-refractivity contribution < 1.29 is 130 Å². The molecule has 0 unspecified atom stereocenters. The summed E-state index contributed by atoms with van der Waals surface area (Å²) in [6, 6.07) is 0. The zero-order chi connectivity index (χ0) is 62.3. The summed E-state index contributed by atoms with van der Waals surface area (Å²) in [5, 5.41) is 125. The van der Waals surface area contributed by atoms with E-state index in [1.54, 1.807) is 6.92 Å². The van der Waals surface area contributed by atoms with Crippen molar-refractivity contribution in [3.05, 3.63) is 23.3 Å². The molecule has 0 radical (unpaired) electrons. The van der Waals surface area contributed by atoms with Gasteiger partial charge in [0.1, 0.15) is 97.2 Å². The third-order valence-corrected chi connectivity index (χ3v) is 21.0. The molecule has 488 valence electrons. The van der Waals surface area contributed by atoms with Crippen molar-refractivity contribution in [2.75, 3.05) is 13.7 Å². The Kier molecular flexibility index (Phi) is 20.7. The second-order valence-electron chi connectivity index (χ2n) is 26.2. The van der Waals surface area contributed by atoms with Crippen LogP contribution in [0.15, 0.2) is 23.3 Å². The van der Waals surface area contributed by atoms with Gasteiger partial charge in [0.25, 0.3) is 0 Å². The van der Waals surface area contributed by atoms with E-state index in [9.17, 15) is 73.9 Å². The fourth-order valence-corrected chi connectivity index (χ4v) is 16.0.